The summed E-state index contributed by atoms with van der Waals surface area (Å²) in [6.07, 6.45) is 3.66. The maximum Gasteiger partial charge on any atom is 0.118 e. The first-order valence-corrected chi connectivity index (χ1v) is 8.81. The number of aromatic hydroxyl groups is 1. The molecule has 3 aromatic rings. The first-order chi connectivity index (χ1) is 11.8. The average molecular weight is 401 g/mol. The zero-order valence-electron chi connectivity index (χ0n) is 15.4. The van der Waals surface area contributed by atoms with Gasteiger partial charge in [-0.15, -0.1) is 0 Å². The van der Waals surface area contributed by atoms with Gasteiger partial charge in [0.1, 0.15) is 5.75 Å². The van der Waals surface area contributed by atoms with Gasteiger partial charge in [0.15, 0.2) is 0 Å². The van der Waals surface area contributed by atoms with Crippen LogP contribution in [0.25, 0.3) is 0 Å². The van der Waals surface area contributed by atoms with Crippen molar-refractivity contribution in [3.05, 3.63) is 87.4 Å². The Labute approximate surface area is 158 Å². The fourth-order valence-electron chi connectivity index (χ4n) is 1.71. The lowest BCUT2D eigenvalue weighted by Crippen LogP contribution is -1.78. The molecule has 0 fully saturated rings. The monoisotopic (exact) mass is 400 g/mol. The summed E-state index contributed by atoms with van der Waals surface area (Å²) in [7, 11) is 0. The van der Waals surface area contributed by atoms with Crippen LogP contribution < -0.4 is 0 Å². The molecule has 0 aliphatic rings. The van der Waals surface area contributed by atoms with Crippen molar-refractivity contribution < 1.29 is 5.11 Å². The predicted octanol–water partition coefficient (Wildman–Crippen LogP) is 5.86. The van der Waals surface area contributed by atoms with Crippen LogP contribution in [0.15, 0.2) is 59.3 Å². The predicted molar refractivity (Wildman–Crippen MR) is 108 cm³/mol. The Balaban J connectivity index is 0.000000188. The minimum atomic E-state index is 0.384. The van der Waals surface area contributed by atoms with Crippen LogP contribution in [0.4, 0.5) is 0 Å². The number of benzene rings is 1. The molecule has 0 atom stereocenters. The molecule has 0 aliphatic heterocycles. The summed E-state index contributed by atoms with van der Waals surface area (Å²) in [6, 6.07) is 13.7. The molecule has 0 spiro atoms. The summed E-state index contributed by atoms with van der Waals surface area (Å²) in [4.78, 5) is 8.11. The lowest BCUT2D eigenvalue weighted by molar-refractivity contribution is 0.470. The van der Waals surface area contributed by atoms with Crippen molar-refractivity contribution in [2.24, 2.45) is 0 Å². The van der Waals surface area contributed by atoms with Gasteiger partial charge in [-0.05, 0) is 91.5 Å². The van der Waals surface area contributed by atoms with Gasteiger partial charge >= 0.3 is 0 Å². The molecule has 3 rings (SSSR count). The summed E-state index contributed by atoms with van der Waals surface area (Å²) < 4.78 is 1.03. The van der Waals surface area contributed by atoms with Gasteiger partial charge in [0, 0.05) is 28.3 Å². The maximum absolute atomic E-state index is 9.10. The van der Waals surface area contributed by atoms with Crippen LogP contribution in [0.5, 0.6) is 5.75 Å². The second kappa shape index (κ2) is 10.6. The van der Waals surface area contributed by atoms with Crippen molar-refractivity contribution in [3.63, 3.8) is 0 Å². The van der Waals surface area contributed by atoms with Crippen LogP contribution in [0, 0.1) is 34.6 Å². The average Bonchev–Trinajstić information content (AvgIpc) is 2.58. The normalized spacial score (nSPS) is 9.36. The Kier molecular flexibility index (Phi) is 8.86. The second-order valence-corrected chi connectivity index (χ2v) is 6.80. The molecular formula is C21H25BrN2O. The van der Waals surface area contributed by atoms with Crippen LogP contribution in [0.1, 0.15) is 28.1 Å². The lowest BCUT2D eigenvalue weighted by atomic mass is 10.1. The third-order valence-electron chi connectivity index (χ3n) is 3.30. The van der Waals surface area contributed by atoms with Crippen LogP contribution in [-0.2, 0) is 0 Å². The Morgan fingerprint density at radius 3 is 1.64 bits per heavy atom. The number of hydrogen-bond acceptors (Lipinski definition) is 3. The van der Waals surface area contributed by atoms with Crippen LogP contribution >= 0.6 is 15.9 Å². The maximum atomic E-state index is 9.10. The van der Waals surface area contributed by atoms with Gasteiger partial charge in [0.2, 0.25) is 0 Å². The first-order valence-electron chi connectivity index (χ1n) is 8.01. The summed E-state index contributed by atoms with van der Waals surface area (Å²) in [5.41, 5.74) is 5.37. The molecule has 2 heterocycles. The summed E-state index contributed by atoms with van der Waals surface area (Å²) >= 11 is 3.28. The fourth-order valence-corrected chi connectivity index (χ4v) is 1.95. The molecule has 132 valence electrons. The number of nitrogens with zero attached hydrogens (tertiary/aromatic N) is 2. The van der Waals surface area contributed by atoms with Crippen molar-refractivity contribution in [1.82, 2.24) is 9.97 Å². The van der Waals surface area contributed by atoms with Gasteiger partial charge in [-0.3, -0.25) is 9.97 Å². The Bertz CT molecular complexity index is 683. The molecule has 0 aliphatic carbocycles. The summed E-state index contributed by atoms with van der Waals surface area (Å²) in [5, 5.41) is 9.10. The third kappa shape index (κ3) is 9.01. The van der Waals surface area contributed by atoms with Crippen molar-refractivity contribution in [1.29, 1.82) is 0 Å². The van der Waals surface area contributed by atoms with Crippen molar-refractivity contribution in [2.75, 3.05) is 0 Å². The van der Waals surface area contributed by atoms with Crippen molar-refractivity contribution in [2.45, 2.75) is 34.6 Å². The van der Waals surface area contributed by atoms with E-state index in [0.717, 1.165) is 27.0 Å². The number of phenolic OH excluding ortho intramolecular Hbond substituents is 1. The molecule has 4 heteroatoms. The number of rotatable bonds is 0. The second-order valence-electron chi connectivity index (χ2n) is 5.88. The van der Waals surface area contributed by atoms with Gasteiger partial charge in [0.05, 0.1) is 0 Å². The molecule has 0 saturated carbocycles. The molecule has 0 saturated heterocycles. The molecular weight excluding hydrogens is 376 g/mol. The zero-order valence-corrected chi connectivity index (χ0v) is 17.0. The number of pyridine rings is 2. The summed E-state index contributed by atoms with van der Waals surface area (Å²) in [5.74, 6) is 0.384. The molecule has 0 bridgehead atoms. The van der Waals surface area contributed by atoms with Gasteiger partial charge in [0.25, 0.3) is 0 Å². The Morgan fingerprint density at radius 1 is 0.720 bits per heavy atom. The number of phenols is 1. The van der Waals surface area contributed by atoms with Crippen LogP contribution in [-0.4, -0.2) is 15.1 Å². The number of halogens is 1. The summed E-state index contributed by atoms with van der Waals surface area (Å²) in [6.45, 7) is 9.83. The van der Waals surface area contributed by atoms with E-state index in [0.29, 0.717) is 5.75 Å². The Morgan fingerprint density at radius 2 is 1.28 bits per heavy atom. The third-order valence-corrected chi connectivity index (χ3v) is 3.77. The molecule has 3 nitrogen and oxygen atoms in total. The van der Waals surface area contributed by atoms with E-state index in [2.05, 4.69) is 32.0 Å². The quantitative estimate of drug-likeness (QED) is 0.513. The molecule has 1 aromatic carbocycles. The molecule has 25 heavy (non-hydrogen) atoms. The van der Waals surface area contributed by atoms with Gasteiger partial charge in [-0.2, -0.15) is 0 Å². The molecule has 1 N–H and O–H groups in total. The van der Waals surface area contributed by atoms with Crippen molar-refractivity contribution >= 4 is 15.9 Å². The van der Waals surface area contributed by atoms with Gasteiger partial charge < -0.3 is 5.11 Å². The van der Waals surface area contributed by atoms with E-state index in [1.54, 1.807) is 12.3 Å². The lowest BCUT2D eigenvalue weighted by Gasteiger charge is -1.97. The smallest absolute Gasteiger partial charge is 0.118 e. The van der Waals surface area contributed by atoms with Gasteiger partial charge in [-0.1, -0.05) is 18.2 Å². The molecule has 0 unspecified atom stereocenters. The van der Waals surface area contributed by atoms with E-state index in [1.165, 1.54) is 5.56 Å². The molecule has 0 radical (unpaired) electrons. The van der Waals surface area contributed by atoms with E-state index in [-0.39, 0.29) is 0 Å². The van der Waals surface area contributed by atoms with E-state index < -0.39 is 0 Å². The van der Waals surface area contributed by atoms with Crippen molar-refractivity contribution in [3.8, 4) is 5.75 Å². The highest BCUT2D eigenvalue weighted by Gasteiger charge is 1.91. The standard InChI is InChI=1S/C8H10O.C7H9N.C6H6BrN/c1-6-3-4-7(2)8(9)5-6;1-6-3-4-7(2)8-5-6;1-5-2-3-6(7)4-8-5/h3-5,9H,1-2H3;3-5H,1-2H3;2-4H,1H3. The highest BCUT2D eigenvalue weighted by atomic mass is 79.9. The number of aromatic nitrogens is 2. The zero-order chi connectivity index (χ0) is 18.8. The van der Waals surface area contributed by atoms with E-state index >= 15 is 0 Å². The fraction of sp³-hybridized carbons (Fsp3) is 0.238. The Hall–Kier alpha value is -2.20. The molecule has 0 amide bonds. The van der Waals surface area contributed by atoms with E-state index in [9.17, 15) is 0 Å². The number of aryl methyl sites for hydroxylation is 5. The molecule has 2 aromatic heterocycles. The SMILES string of the molecule is Cc1ccc(Br)cn1.Cc1ccc(C)c(O)c1.Cc1ccc(C)nc1. The van der Waals surface area contributed by atoms with Crippen LogP contribution in [0.3, 0.4) is 0 Å². The van der Waals surface area contributed by atoms with Crippen LogP contribution in [0.2, 0.25) is 0 Å². The highest BCUT2D eigenvalue weighted by molar-refractivity contribution is 9.10. The topological polar surface area (TPSA) is 46.0 Å². The minimum absolute atomic E-state index is 0.384. The van der Waals surface area contributed by atoms with E-state index in [4.69, 9.17) is 5.11 Å². The van der Waals surface area contributed by atoms with Gasteiger partial charge in [-0.25, -0.2) is 0 Å². The highest BCUT2D eigenvalue weighted by Crippen LogP contribution is 2.15. The largest absolute Gasteiger partial charge is 0.508 e. The number of hydrogen-bond donors (Lipinski definition) is 1. The minimum Gasteiger partial charge on any atom is -0.508 e. The first kappa shape index (κ1) is 20.8. The van der Waals surface area contributed by atoms with E-state index in [1.807, 2.05) is 71.1 Å².